The van der Waals surface area contributed by atoms with Crippen molar-refractivity contribution in [2.75, 3.05) is 30.8 Å². The number of carbonyl (C=O) groups excluding carboxylic acids is 2. The van der Waals surface area contributed by atoms with Gasteiger partial charge in [-0.1, -0.05) is 25.1 Å². The normalized spacial score (nSPS) is 12.5. The Morgan fingerprint density at radius 3 is 2.39 bits per heavy atom. The van der Waals surface area contributed by atoms with Crippen LogP contribution in [0.25, 0.3) is 0 Å². The minimum atomic E-state index is -4.63. The molecule has 210 valence electrons. The summed E-state index contributed by atoms with van der Waals surface area (Å²) in [5.74, 6) is -0.142. The summed E-state index contributed by atoms with van der Waals surface area (Å²) in [6.45, 7) is 3.86. The molecule has 0 aliphatic carbocycles. The van der Waals surface area contributed by atoms with Crippen molar-refractivity contribution in [1.82, 2.24) is 10.2 Å². The number of hydrogen-bond donors (Lipinski definition) is 1. The van der Waals surface area contributed by atoms with E-state index in [0.29, 0.717) is 12.3 Å². The molecule has 2 amide bonds. The van der Waals surface area contributed by atoms with Gasteiger partial charge in [0.05, 0.1) is 24.6 Å². The molecule has 0 spiro atoms. The van der Waals surface area contributed by atoms with Gasteiger partial charge in [0.2, 0.25) is 21.8 Å². The molecule has 0 radical (unpaired) electrons. The van der Waals surface area contributed by atoms with E-state index >= 15 is 0 Å². The van der Waals surface area contributed by atoms with Gasteiger partial charge < -0.3 is 15.0 Å². The largest absolute Gasteiger partial charge is 0.497 e. The number of halogens is 3. The zero-order valence-corrected chi connectivity index (χ0v) is 22.7. The summed E-state index contributed by atoms with van der Waals surface area (Å²) in [6.07, 6.45) is -3.12. The minimum absolute atomic E-state index is 0.0278. The van der Waals surface area contributed by atoms with Gasteiger partial charge in [0, 0.05) is 26.1 Å². The van der Waals surface area contributed by atoms with Crippen LogP contribution >= 0.6 is 0 Å². The van der Waals surface area contributed by atoms with Crippen LogP contribution in [0.15, 0.2) is 48.5 Å². The Morgan fingerprint density at radius 1 is 1.11 bits per heavy atom. The molecule has 0 aromatic heterocycles. The number of benzene rings is 2. The van der Waals surface area contributed by atoms with Crippen molar-refractivity contribution >= 4 is 27.5 Å². The number of nitrogens with zero attached hydrogens (tertiary/aromatic N) is 2. The van der Waals surface area contributed by atoms with E-state index in [1.165, 1.54) is 18.1 Å². The number of anilines is 1. The highest BCUT2D eigenvalue weighted by Crippen LogP contribution is 2.32. The Labute approximate surface area is 221 Å². The molecule has 2 rings (SSSR count). The maximum atomic E-state index is 13.3. The third-order valence-electron chi connectivity index (χ3n) is 5.82. The molecule has 1 N–H and O–H groups in total. The Kier molecular flexibility index (Phi) is 11.0. The lowest BCUT2D eigenvalue weighted by molar-refractivity contribution is -0.140. The summed E-state index contributed by atoms with van der Waals surface area (Å²) in [7, 11) is -2.42. The number of amides is 2. The summed E-state index contributed by atoms with van der Waals surface area (Å²) >= 11 is 0. The van der Waals surface area contributed by atoms with Gasteiger partial charge >= 0.3 is 6.18 Å². The van der Waals surface area contributed by atoms with Gasteiger partial charge in [0.25, 0.3) is 0 Å². The number of alkyl halides is 3. The summed E-state index contributed by atoms with van der Waals surface area (Å²) < 4.78 is 70.3. The Balaban J connectivity index is 2.22. The number of sulfonamides is 1. The highest BCUT2D eigenvalue weighted by Gasteiger charge is 2.32. The molecule has 12 heteroatoms. The molecule has 8 nitrogen and oxygen atoms in total. The van der Waals surface area contributed by atoms with Crippen LogP contribution in [-0.4, -0.2) is 57.6 Å². The number of ether oxygens (including phenoxy) is 1. The van der Waals surface area contributed by atoms with Crippen molar-refractivity contribution in [3.8, 4) is 5.75 Å². The molecule has 0 aliphatic rings. The van der Waals surface area contributed by atoms with E-state index in [9.17, 15) is 31.2 Å². The number of methoxy groups -OCH3 is 1. The molecule has 0 fully saturated rings. The average Bonchev–Trinajstić information content (AvgIpc) is 2.86. The minimum Gasteiger partial charge on any atom is -0.497 e. The lowest BCUT2D eigenvalue weighted by atomic mass is 10.1. The standard InChI is InChI=1S/C26H34F3N3O5S/c1-5-14-30-25(34)19(2)31(18-20-9-6-12-23(16-20)37-3)24(33)13-8-15-32(38(4,35)36)22-11-7-10-21(17-22)26(27,28)29/h6-7,9-12,16-17,19H,5,8,13-15,18H2,1-4H3,(H,30,34). The van der Waals surface area contributed by atoms with Crippen LogP contribution in [0.3, 0.4) is 0 Å². The van der Waals surface area contributed by atoms with Crippen LogP contribution in [-0.2, 0) is 32.3 Å². The van der Waals surface area contributed by atoms with Crippen molar-refractivity contribution in [2.24, 2.45) is 0 Å². The summed E-state index contributed by atoms with van der Waals surface area (Å²) in [5.41, 5.74) is -0.388. The molecule has 2 aromatic rings. The molecular formula is C26H34F3N3O5S. The molecule has 0 bridgehead atoms. The first-order chi connectivity index (χ1) is 17.8. The molecule has 0 saturated carbocycles. The predicted octanol–water partition coefficient (Wildman–Crippen LogP) is 4.20. The SMILES string of the molecule is CCCNC(=O)C(C)N(Cc1cccc(OC)c1)C(=O)CCCN(c1cccc(C(F)(F)F)c1)S(C)(=O)=O. The molecule has 0 aliphatic heterocycles. The van der Waals surface area contributed by atoms with Crippen LogP contribution < -0.4 is 14.4 Å². The number of hydrogen-bond acceptors (Lipinski definition) is 5. The van der Waals surface area contributed by atoms with Gasteiger partial charge in [0.15, 0.2) is 0 Å². The van der Waals surface area contributed by atoms with Crippen molar-refractivity contribution in [1.29, 1.82) is 0 Å². The average molecular weight is 558 g/mol. The van der Waals surface area contributed by atoms with E-state index in [-0.39, 0.29) is 37.5 Å². The fraction of sp³-hybridized carbons (Fsp3) is 0.462. The molecule has 0 saturated heterocycles. The van der Waals surface area contributed by atoms with Gasteiger partial charge in [-0.3, -0.25) is 13.9 Å². The quantitative estimate of drug-likeness (QED) is 0.398. The monoisotopic (exact) mass is 557 g/mol. The first-order valence-electron chi connectivity index (χ1n) is 12.1. The molecule has 1 atom stereocenters. The van der Waals surface area contributed by atoms with Crippen LogP contribution in [0.2, 0.25) is 0 Å². The highest BCUT2D eigenvalue weighted by molar-refractivity contribution is 7.92. The maximum Gasteiger partial charge on any atom is 0.416 e. The Morgan fingerprint density at radius 2 is 1.79 bits per heavy atom. The third-order valence-corrected chi connectivity index (χ3v) is 7.01. The predicted molar refractivity (Wildman–Crippen MR) is 139 cm³/mol. The topological polar surface area (TPSA) is 96.0 Å². The second kappa shape index (κ2) is 13.5. The van der Waals surface area contributed by atoms with Gasteiger partial charge in [-0.15, -0.1) is 0 Å². The Hall–Kier alpha value is -3.28. The number of carbonyl (C=O) groups is 2. The highest BCUT2D eigenvalue weighted by atomic mass is 32.2. The Bertz CT molecular complexity index is 1200. The van der Waals surface area contributed by atoms with Crippen molar-refractivity contribution in [3.05, 3.63) is 59.7 Å². The molecule has 0 heterocycles. The first-order valence-corrected chi connectivity index (χ1v) is 14.0. The van der Waals surface area contributed by atoms with Gasteiger partial charge in [-0.25, -0.2) is 8.42 Å². The van der Waals surface area contributed by atoms with E-state index < -0.39 is 33.7 Å². The third kappa shape index (κ3) is 8.93. The van der Waals surface area contributed by atoms with E-state index in [2.05, 4.69) is 5.32 Å². The van der Waals surface area contributed by atoms with Crippen LogP contribution in [0, 0.1) is 0 Å². The number of rotatable bonds is 13. The summed E-state index contributed by atoms with van der Waals surface area (Å²) in [4.78, 5) is 27.3. The van der Waals surface area contributed by atoms with Crippen LogP contribution in [0.4, 0.5) is 18.9 Å². The van der Waals surface area contributed by atoms with E-state index in [0.717, 1.165) is 40.7 Å². The zero-order valence-electron chi connectivity index (χ0n) is 21.9. The van der Waals surface area contributed by atoms with Gasteiger partial charge in [-0.2, -0.15) is 13.2 Å². The fourth-order valence-electron chi connectivity index (χ4n) is 3.79. The zero-order chi connectivity index (χ0) is 28.5. The van der Waals surface area contributed by atoms with E-state index in [1.807, 2.05) is 6.92 Å². The van der Waals surface area contributed by atoms with Gasteiger partial charge in [0.1, 0.15) is 11.8 Å². The smallest absolute Gasteiger partial charge is 0.416 e. The van der Waals surface area contributed by atoms with Gasteiger partial charge in [-0.05, 0) is 55.7 Å². The lowest BCUT2D eigenvalue weighted by Crippen LogP contribution is -2.47. The van der Waals surface area contributed by atoms with E-state index in [1.54, 1.807) is 31.2 Å². The first kappa shape index (κ1) is 30.9. The second-order valence-corrected chi connectivity index (χ2v) is 10.7. The van der Waals surface area contributed by atoms with Crippen molar-refractivity contribution in [3.63, 3.8) is 0 Å². The maximum absolute atomic E-state index is 13.3. The van der Waals surface area contributed by atoms with Crippen LogP contribution in [0.1, 0.15) is 44.2 Å². The molecule has 2 aromatic carbocycles. The summed E-state index contributed by atoms with van der Waals surface area (Å²) in [6, 6.07) is 10.3. The van der Waals surface area contributed by atoms with E-state index in [4.69, 9.17) is 4.74 Å². The van der Waals surface area contributed by atoms with Crippen molar-refractivity contribution in [2.45, 2.75) is 51.9 Å². The summed E-state index contributed by atoms with van der Waals surface area (Å²) in [5, 5.41) is 2.77. The molecule has 38 heavy (non-hydrogen) atoms. The molecular weight excluding hydrogens is 523 g/mol. The lowest BCUT2D eigenvalue weighted by Gasteiger charge is -2.29. The molecule has 1 unspecified atom stereocenters. The number of nitrogens with one attached hydrogen (secondary N) is 1. The fourth-order valence-corrected chi connectivity index (χ4v) is 4.74. The van der Waals surface area contributed by atoms with Crippen LogP contribution in [0.5, 0.6) is 5.75 Å². The second-order valence-electron chi connectivity index (χ2n) is 8.83. The van der Waals surface area contributed by atoms with Crippen molar-refractivity contribution < 1.29 is 35.9 Å².